The minimum atomic E-state index is -0.474. The van der Waals surface area contributed by atoms with Gasteiger partial charge in [0.2, 0.25) is 0 Å². The van der Waals surface area contributed by atoms with Crippen molar-refractivity contribution in [2.75, 3.05) is 13.2 Å². The average Bonchev–Trinajstić information content (AvgIpc) is 2.88. The van der Waals surface area contributed by atoms with Gasteiger partial charge >= 0.3 is 0 Å². The number of amides is 1. The maximum atomic E-state index is 13.8. The van der Waals surface area contributed by atoms with Gasteiger partial charge in [-0.05, 0) is 68.8 Å². The second-order valence-electron chi connectivity index (χ2n) is 8.21. The van der Waals surface area contributed by atoms with Gasteiger partial charge in [0.05, 0.1) is 29.2 Å². The standard InChI is InChI=1S/C28H28BrN3O3/c1-4-18-31(27(33)20-14-16-21(29)17-15-20)19(3)26-30-23-11-7-6-10-22(23)28(34)32(26)24-12-8-9-13-25(24)35-5-2/h6-17,19H,4-5,18H2,1-3H3. The Bertz CT molecular complexity index is 1400. The number of halogens is 1. The number of carbonyl (C=O) groups excluding carboxylic acids is 1. The molecule has 1 unspecified atom stereocenters. The highest BCUT2D eigenvalue weighted by Crippen LogP contribution is 2.29. The third-order valence-corrected chi connectivity index (χ3v) is 6.39. The summed E-state index contributed by atoms with van der Waals surface area (Å²) < 4.78 is 8.35. The van der Waals surface area contributed by atoms with E-state index in [9.17, 15) is 9.59 Å². The van der Waals surface area contributed by atoms with Crippen LogP contribution in [0.2, 0.25) is 0 Å². The SMILES string of the molecule is CCCN(C(=O)c1ccc(Br)cc1)C(C)c1nc2ccccc2c(=O)n1-c1ccccc1OCC. The molecule has 4 rings (SSSR count). The van der Waals surface area contributed by atoms with Gasteiger partial charge < -0.3 is 9.64 Å². The Morgan fingerprint density at radius 3 is 2.43 bits per heavy atom. The number of aromatic nitrogens is 2. The molecule has 1 aromatic heterocycles. The first-order chi connectivity index (χ1) is 17.0. The fourth-order valence-corrected chi connectivity index (χ4v) is 4.46. The Hall–Kier alpha value is -3.45. The Kier molecular flexibility index (Phi) is 7.66. The molecule has 1 atom stereocenters. The second kappa shape index (κ2) is 10.9. The van der Waals surface area contributed by atoms with Crippen LogP contribution in [-0.4, -0.2) is 33.5 Å². The van der Waals surface area contributed by atoms with Gasteiger partial charge in [-0.3, -0.25) is 14.2 Å². The minimum Gasteiger partial charge on any atom is -0.492 e. The molecule has 0 aliphatic heterocycles. The van der Waals surface area contributed by atoms with Gasteiger partial charge in [-0.2, -0.15) is 0 Å². The monoisotopic (exact) mass is 533 g/mol. The van der Waals surface area contributed by atoms with Crippen LogP contribution in [0.1, 0.15) is 49.4 Å². The Balaban J connectivity index is 1.93. The summed E-state index contributed by atoms with van der Waals surface area (Å²) in [5, 5.41) is 0.510. The summed E-state index contributed by atoms with van der Waals surface area (Å²) in [5.74, 6) is 0.961. The molecule has 3 aromatic carbocycles. The van der Waals surface area contributed by atoms with Gasteiger partial charge in [0, 0.05) is 16.6 Å². The van der Waals surface area contributed by atoms with E-state index in [-0.39, 0.29) is 11.5 Å². The first-order valence-corrected chi connectivity index (χ1v) is 12.6. The molecule has 0 N–H and O–H groups in total. The predicted molar refractivity (Wildman–Crippen MR) is 142 cm³/mol. The van der Waals surface area contributed by atoms with E-state index in [1.54, 1.807) is 27.7 Å². The number of hydrogen-bond donors (Lipinski definition) is 0. The molecule has 7 heteroatoms. The van der Waals surface area contributed by atoms with Crippen molar-refractivity contribution in [3.63, 3.8) is 0 Å². The number of carbonyl (C=O) groups is 1. The quantitative estimate of drug-likeness (QED) is 0.272. The third-order valence-electron chi connectivity index (χ3n) is 5.87. The van der Waals surface area contributed by atoms with Gasteiger partial charge in [0.1, 0.15) is 11.6 Å². The van der Waals surface area contributed by atoms with E-state index in [0.29, 0.717) is 46.9 Å². The lowest BCUT2D eigenvalue weighted by molar-refractivity contribution is 0.0681. The molecule has 0 bridgehead atoms. The molecule has 6 nitrogen and oxygen atoms in total. The summed E-state index contributed by atoms with van der Waals surface area (Å²) in [5.41, 5.74) is 1.58. The topological polar surface area (TPSA) is 64.4 Å². The smallest absolute Gasteiger partial charge is 0.266 e. The minimum absolute atomic E-state index is 0.112. The Morgan fingerprint density at radius 2 is 1.71 bits per heavy atom. The van der Waals surface area contributed by atoms with E-state index in [1.807, 2.05) is 75.4 Å². The number of para-hydroxylation sites is 3. The summed E-state index contributed by atoms with van der Waals surface area (Å²) in [6.45, 7) is 6.83. The summed E-state index contributed by atoms with van der Waals surface area (Å²) in [4.78, 5) is 34.1. The zero-order valence-electron chi connectivity index (χ0n) is 20.1. The highest BCUT2D eigenvalue weighted by atomic mass is 79.9. The van der Waals surface area contributed by atoms with Crippen LogP contribution in [0.4, 0.5) is 0 Å². The number of fused-ring (bicyclic) bond motifs is 1. The molecule has 180 valence electrons. The van der Waals surface area contributed by atoms with E-state index in [2.05, 4.69) is 15.9 Å². The molecule has 1 heterocycles. The summed E-state index contributed by atoms with van der Waals surface area (Å²) >= 11 is 3.43. The molecule has 1 amide bonds. The van der Waals surface area contributed by atoms with Crippen molar-refractivity contribution in [3.8, 4) is 11.4 Å². The van der Waals surface area contributed by atoms with Crippen LogP contribution in [-0.2, 0) is 0 Å². The molecule has 4 aromatic rings. The number of hydrogen-bond acceptors (Lipinski definition) is 4. The number of nitrogens with zero attached hydrogens (tertiary/aromatic N) is 3. The zero-order chi connectivity index (χ0) is 24.9. The third kappa shape index (κ3) is 5.00. The molecule has 0 saturated heterocycles. The fourth-order valence-electron chi connectivity index (χ4n) is 4.19. The molecule has 0 spiro atoms. The fraction of sp³-hybridized carbons (Fsp3) is 0.250. The van der Waals surface area contributed by atoms with Crippen LogP contribution in [0.25, 0.3) is 16.6 Å². The summed E-state index contributed by atoms with van der Waals surface area (Å²) in [6, 6.07) is 21.5. The zero-order valence-corrected chi connectivity index (χ0v) is 21.7. The van der Waals surface area contributed by atoms with Crippen molar-refractivity contribution in [1.29, 1.82) is 0 Å². The summed E-state index contributed by atoms with van der Waals surface area (Å²) in [6.07, 6.45) is 0.764. The maximum Gasteiger partial charge on any atom is 0.266 e. The van der Waals surface area contributed by atoms with E-state index < -0.39 is 6.04 Å². The van der Waals surface area contributed by atoms with Crippen molar-refractivity contribution >= 4 is 32.7 Å². The van der Waals surface area contributed by atoms with Gasteiger partial charge in [0.25, 0.3) is 11.5 Å². The van der Waals surface area contributed by atoms with Crippen LogP contribution in [0.15, 0.2) is 82.1 Å². The van der Waals surface area contributed by atoms with E-state index in [1.165, 1.54) is 0 Å². The summed E-state index contributed by atoms with van der Waals surface area (Å²) in [7, 11) is 0. The van der Waals surface area contributed by atoms with Gasteiger partial charge in [-0.1, -0.05) is 47.1 Å². The van der Waals surface area contributed by atoms with Crippen molar-refractivity contribution in [1.82, 2.24) is 14.5 Å². The molecule has 0 aliphatic rings. The van der Waals surface area contributed by atoms with E-state index >= 15 is 0 Å². The largest absolute Gasteiger partial charge is 0.492 e. The van der Waals surface area contributed by atoms with Crippen LogP contribution >= 0.6 is 15.9 Å². The lowest BCUT2D eigenvalue weighted by Crippen LogP contribution is -2.38. The molecule has 0 saturated carbocycles. The highest BCUT2D eigenvalue weighted by molar-refractivity contribution is 9.10. The molecule has 35 heavy (non-hydrogen) atoms. The molecule has 0 aliphatic carbocycles. The average molecular weight is 534 g/mol. The molecular weight excluding hydrogens is 506 g/mol. The van der Waals surface area contributed by atoms with Crippen molar-refractivity contribution in [2.45, 2.75) is 33.2 Å². The van der Waals surface area contributed by atoms with Crippen molar-refractivity contribution in [2.24, 2.45) is 0 Å². The van der Waals surface area contributed by atoms with E-state index in [0.717, 1.165) is 10.9 Å². The number of benzene rings is 3. The van der Waals surface area contributed by atoms with Crippen LogP contribution in [0.3, 0.4) is 0 Å². The van der Waals surface area contributed by atoms with Gasteiger partial charge in [0.15, 0.2) is 0 Å². The number of rotatable bonds is 8. The van der Waals surface area contributed by atoms with Crippen LogP contribution in [0.5, 0.6) is 5.75 Å². The van der Waals surface area contributed by atoms with Crippen LogP contribution < -0.4 is 10.3 Å². The van der Waals surface area contributed by atoms with Crippen molar-refractivity contribution in [3.05, 3.63) is 99.0 Å². The number of ether oxygens (including phenoxy) is 1. The van der Waals surface area contributed by atoms with Gasteiger partial charge in [-0.15, -0.1) is 0 Å². The Labute approximate surface area is 213 Å². The van der Waals surface area contributed by atoms with E-state index in [4.69, 9.17) is 9.72 Å². The highest BCUT2D eigenvalue weighted by Gasteiger charge is 2.28. The molecular formula is C28H28BrN3O3. The normalized spacial score (nSPS) is 11.9. The first kappa shape index (κ1) is 24.7. The maximum absolute atomic E-state index is 13.8. The second-order valence-corrected chi connectivity index (χ2v) is 9.13. The van der Waals surface area contributed by atoms with Gasteiger partial charge in [-0.25, -0.2) is 4.98 Å². The molecule has 0 radical (unpaired) electrons. The predicted octanol–water partition coefficient (Wildman–Crippen LogP) is 6.16. The van der Waals surface area contributed by atoms with Crippen molar-refractivity contribution < 1.29 is 9.53 Å². The van der Waals surface area contributed by atoms with Crippen LogP contribution in [0, 0.1) is 0 Å². The first-order valence-electron chi connectivity index (χ1n) is 11.8. The molecule has 0 fully saturated rings. The lowest BCUT2D eigenvalue weighted by atomic mass is 10.1. The Morgan fingerprint density at radius 1 is 1.03 bits per heavy atom. The lowest BCUT2D eigenvalue weighted by Gasteiger charge is -2.30.